The van der Waals surface area contributed by atoms with E-state index in [9.17, 15) is 4.79 Å². The minimum atomic E-state index is -0.410. The summed E-state index contributed by atoms with van der Waals surface area (Å²) >= 11 is 2.05. The van der Waals surface area contributed by atoms with Crippen LogP contribution in [-0.4, -0.2) is 28.5 Å². The number of carbonyl (C=O) groups excluding carboxylic acids is 1. The van der Waals surface area contributed by atoms with E-state index in [1.165, 1.54) is 31.4 Å². The monoisotopic (exact) mass is 284 g/mol. The Morgan fingerprint density at radius 3 is 2.79 bits per heavy atom. The highest BCUT2D eigenvalue weighted by Gasteiger charge is 2.44. The lowest BCUT2D eigenvalue weighted by Crippen LogP contribution is -2.59. The molecule has 2 saturated carbocycles. The second kappa shape index (κ2) is 6.49. The van der Waals surface area contributed by atoms with E-state index in [2.05, 4.69) is 19.2 Å². The Hall–Kier alpha value is -0.220. The van der Waals surface area contributed by atoms with Gasteiger partial charge in [0.05, 0.1) is 5.54 Å². The van der Waals surface area contributed by atoms with Gasteiger partial charge in [0.15, 0.2) is 0 Å². The van der Waals surface area contributed by atoms with Crippen molar-refractivity contribution in [2.75, 3.05) is 5.75 Å². The van der Waals surface area contributed by atoms with Crippen molar-refractivity contribution in [1.82, 2.24) is 5.32 Å². The fourth-order valence-electron chi connectivity index (χ4n) is 2.83. The van der Waals surface area contributed by atoms with Crippen molar-refractivity contribution in [3.63, 3.8) is 0 Å². The summed E-state index contributed by atoms with van der Waals surface area (Å²) in [7, 11) is 0. The van der Waals surface area contributed by atoms with Crippen LogP contribution in [0.25, 0.3) is 0 Å². The Kier molecular flexibility index (Phi) is 5.18. The van der Waals surface area contributed by atoms with Crippen LogP contribution in [0.1, 0.15) is 58.8 Å². The van der Waals surface area contributed by atoms with Gasteiger partial charge in [-0.05, 0) is 50.2 Å². The van der Waals surface area contributed by atoms with E-state index in [0.29, 0.717) is 11.3 Å². The van der Waals surface area contributed by atoms with Gasteiger partial charge in [-0.2, -0.15) is 11.8 Å². The third-order valence-electron chi connectivity index (χ3n) is 4.55. The van der Waals surface area contributed by atoms with Crippen molar-refractivity contribution in [1.29, 1.82) is 0 Å². The summed E-state index contributed by atoms with van der Waals surface area (Å²) in [5, 5.41) is 4.15. The van der Waals surface area contributed by atoms with Crippen LogP contribution in [-0.2, 0) is 4.79 Å². The van der Waals surface area contributed by atoms with Gasteiger partial charge in [-0.1, -0.05) is 20.3 Å². The van der Waals surface area contributed by atoms with Crippen LogP contribution in [0.15, 0.2) is 0 Å². The van der Waals surface area contributed by atoms with Crippen molar-refractivity contribution in [3.05, 3.63) is 0 Å². The summed E-state index contributed by atoms with van der Waals surface area (Å²) in [5.41, 5.74) is 5.30. The van der Waals surface area contributed by atoms with Crippen LogP contribution >= 0.6 is 11.8 Å². The van der Waals surface area contributed by atoms with Gasteiger partial charge in [-0.25, -0.2) is 0 Å². The molecule has 0 aromatic heterocycles. The van der Waals surface area contributed by atoms with Gasteiger partial charge in [0.2, 0.25) is 5.91 Å². The van der Waals surface area contributed by atoms with Crippen molar-refractivity contribution >= 4 is 17.7 Å². The normalized spacial score (nSPS) is 33.1. The molecule has 0 aromatic carbocycles. The molecule has 19 heavy (non-hydrogen) atoms. The highest BCUT2D eigenvalue weighted by Crippen LogP contribution is 2.38. The predicted molar refractivity (Wildman–Crippen MR) is 82.3 cm³/mol. The molecule has 1 amide bonds. The maximum absolute atomic E-state index is 11.9. The Morgan fingerprint density at radius 1 is 1.47 bits per heavy atom. The lowest BCUT2D eigenvalue weighted by atomic mass is 9.80. The van der Waals surface area contributed by atoms with Gasteiger partial charge in [0.25, 0.3) is 0 Å². The molecule has 2 fully saturated rings. The maximum atomic E-state index is 11.9. The minimum Gasteiger partial charge on any atom is -0.368 e. The quantitative estimate of drug-likeness (QED) is 0.756. The Morgan fingerprint density at radius 2 is 2.21 bits per heavy atom. The molecule has 0 radical (unpaired) electrons. The molecule has 3 atom stereocenters. The van der Waals surface area contributed by atoms with E-state index < -0.39 is 5.54 Å². The molecule has 0 saturated heterocycles. The van der Waals surface area contributed by atoms with Gasteiger partial charge < -0.3 is 11.1 Å². The molecule has 110 valence electrons. The maximum Gasteiger partial charge on any atom is 0.237 e. The zero-order chi connectivity index (χ0) is 13.9. The third kappa shape index (κ3) is 4.12. The highest BCUT2D eigenvalue weighted by atomic mass is 32.2. The molecular formula is C15H28N2OS. The fraction of sp³-hybridized carbons (Fsp3) is 0.933. The number of primary amides is 1. The van der Waals surface area contributed by atoms with Crippen LogP contribution in [0.5, 0.6) is 0 Å². The summed E-state index contributed by atoms with van der Waals surface area (Å²) in [6.45, 7) is 4.55. The molecule has 2 aliphatic rings. The third-order valence-corrected chi connectivity index (χ3v) is 6.18. The molecule has 3 N–H and O–H groups in total. The largest absolute Gasteiger partial charge is 0.368 e. The molecular weight excluding hydrogens is 256 g/mol. The Balaban J connectivity index is 1.90. The molecule has 0 heterocycles. The molecule has 0 spiro atoms. The SMILES string of the molecule is CCC(C)CSC1CCCC(NC2CC2)(C(N)=O)C1. The zero-order valence-electron chi connectivity index (χ0n) is 12.3. The lowest BCUT2D eigenvalue weighted by molar-refractivity contribution is -0.125. The first kappa shape index (κ1) is 15.2. The average Bonchev–Trinajstić information content (AvgIpc) is 3.20. The van der Waals surface area contributed by atoms with Crippen LogP contribution in [0, 0.1) is 5.92 Å². The van der Waals surface area contributed by atoms with Crippen molar-refractivity contribution in [2.45, 2.75) is 75.6 Å². The summed E-state index contributed by atoms with van der Waals surface area (Å²) in [6.07, 6.45) is 7.88. The van der Waals surface area contributed by atoms with E-state index in [-0.39, 0.29) is 5.91 Å². The number of carbonyl (C=O) groups is 1. The standard InChI is InChI=1S/C15H28N2OS/c1-3-11(2)10-19-13-5-4-8-15(9-13,14(16)18)17-12-6-7-12/h11-13,17H,3-10H2,1-2H3,(H2,16,18). The molecule has 2 aliphatic carbocycles. The number of thioether (sulfide) groups is 1. The predicted octanol–water partition coefficient (Wildman–Crippen LogP) is 2.68. The fourth-order valence-corrected chi connectivity index (χ4v) is 4.40. The van der Waals surface area contributed by atoms with Crippen LogP contribution < -0.4 is 11.1 Å². The number of nitrogens with two attached hydrogens (primary N) is 1. The summed E-state index contributed by atoms with van der Waals surface area (Å²) in [6, 6.07) is 0.547. The number of hydrogen-bond donors (Lipinski definition) is 2. The molecule has 3 nitrogen and oxygen atoms in total. The average molecular weight is 284 g/mol. The number of rotatable bonds is 7. The summed E-state index contributed by atoms with van der Waals surface area (Å²) in [5.74, 6) is 1.85. The van der Waals surface area contributed by atoms with Crippen LogP contribution in [0.4, 0.5) is 0 Å². The first-order valence-electron chi connectivity index (χ1n) is 7.75. The second-order valence-electron chi connectivity index (χ2n) is 6.43. The van der Waals surface area contributed by atoms with Crippen molar-refractivity contribution < 1.29 is 4.79 Å². The van der Waals surface area contributed by atoms with Gasteiger partial charge in [0.1, 0.15) is 0 Å². The molecule has 3 unspecified atom stereocenters. The van der Waals surface area contributed by atoms with E-state index in [1.807, 2.05) is 11.8 Å². The first-order valence-corrected chi connectivity index (χ1v) is 8.80. The van der Waals surface area contributed by atoms with Crippen molar-refractivity contribution in [3.8, 4) is 0 Å². The zero-order valence-corrected chi connectivity index (χ0v) is 13.1. The van der Waals surface area contributed by atoms with E-state index in [0.717, 1.165) is 25.2 Å². The van der Waals surface area contributed by atoms with Crippen LogP contribution in [0.3, 0.4) is 0 Å². The molecule has 0 aromatic rings. The van der Waals surface area contributed by atoms with Crippen LogP contribution in [0.2, 0.25) is 0 Å². The number of nitrogens with one attached hydrogen (secondary N) is 1. The number of amides is 1. The molecule has 0 bridgehead atoms. The second-order valence-corrected chi connectivity index (χ2v) is 7.76. The molecule has 4 heteroatoms. The summed E-state index contributed by atoms with van der Waals surface area (Å²) < 4.78 is 0. The first-order chi connectivity index (χ1) is 9.05. The van der Waals surface area contributed by atoms with Gasteiger partial charge in [-0.3, -0.25) is 4.79 Å². The smallest absolute Gasteiger partial charge is 0.237 e. The van der Waals surface area contributed by atoms with Gasteiger partial charge in [-0.15, -0.1) is 0 Å². The highest BCUT2D eigenvalue weighted by molar-refractivity contribution is 7.99. The molecule has 2 rings (SSSR count). The lowest BCUT2D eigenvalue weighted by Gasteiger charge is -2.39. The van der Waals surface area contributed by atoms with E-state index in [1.54, 1.807) is 0 Å². The topological polar surface area (TPSA) is 55.1 Å². The summed E-state index contributed by atoms with van der Waals surface area (Å²) in [4.78, 5) is 11.9. The Labute approximate surface area is 121 Å². The minimum absolute atomic E-state index is 0.131. The van der Waals surface area contributed by atoms with Crippen molar-refractivity contribution in [2.24, 2.45) is 11.7 Å². The number of hydrogen-bond acceptors (Lipinski definition) is 3. The van der Waals surface area contributed by atoms with E-state index in [4.69, 9.17) is 5.73 Å². The van der Waals surface area contributed by atoms with Gasteiger partial charge in [0, 0.05) is 11.3 Å². The van der Waals surface area contributed by atoms with Gasteiger partial charge >= 0.3 is 0 Å². The molecule has 0 aliphatic heterocycles. The Bertz CT molecular complexity index is 319. The van der Waals surface area contributed by atoms with E-state index >= 15 is 0 Å².